The van der Waals surface area contributed by atoms with E-state index >= 15 is 0 Å². The Balaban J connectivity index is 3.87. The summed E-state index contributed by atoms with van der Waals surface area (Å²) in [6.45, 7) is 3.97. The first kappa shape index (κ1) is 23.4. The van der Waals surface area contributed by atoms with E-state index in [1.54, 1.807) is 6.92 Å². The fraction of sp³-hybridized carbons (Fsp3) is 0.842. The van der Waals surface area contributed by atoms with Crippen LogP contribution in [-0.4, -0.2) is 21.2 Å². The zero-order valence-corrected chi connectivity index (χ0v) is 16.9. The van der Waals surface area contributed by atoms with Crippen molar-refractivity contribution in [2.45, 2.75) is 96.1 Å². The maximum absolute atomic E-state index is 10.9. The van der Waals surface area contributed by atoms with Crippen molar-refractivity contribution in [2.24, 2.45) is 5.41 Å². The predicted octanol–water partition coefficient (Wildman–Crippen LogP) is 5.97. The molecule has 0 aromatic carbocycles. The smallest absolute Gasteiger partial charge is 0.316 e. The molecule has 2 atom stereocenters. The molecule has 0 bridgehead atoms. The first-order valence-electron chi connectivity index (χ1n) is 9.22. The zero-order valence-electron chi connectivity index (χ0n) is 15.2. The van der Waals surface area contributed by atoms with E-state index in [9.17, 15) is 10.1 Å². The Morgan fingerprint density at radius 1 is 1.12 bits per heavy atom. The quantitative estimate of drug-likeness (QED) is 0.211. The molecule has 138 valence electrons. The number of nitriles is 1. The van der Waals surface area contributed by atoms with Gasteiger partial charge in [-0.25, -0.2) is 0 Å². The van der Waals surface area contributed by atoms with Crippen LogP contribution < -0.4 is 0 Å². The Kier molecular flexibility index (Phi) is 13.3. The third-order valence-electron chi connectivity index (χ3n) is 4.51. The van der Waals surface area contributed by atoms with Gasteiger partial charge in [0, 0.05) is 4.86 Å². The normalized spacial score (nSPS) is 14.6. The van der Waals surface area contributed by atoms with Crippen molar-refractivity contribution in [2.75, 3.05) is 0 Å². The average Bonchev–Trinajstić information content (AvgIpc) is 2.55. The fourth-order valence-electron chi connectivity index (χ4n) is 2.74. The highest BCUT2D eigenvalue weighted by molar-refractivity contribution is 7.81. The largest absolute Gasteiger partial charge is 0.480 e. The summed E-state index contributed by atoms with van der Waals surface area (Å²) in [4.78, 5) is 11.6. The van der Waals surface area contributed by atoms with Crippen LogP contribution in [0.1, 0.15) is 90.9 Å². The minimum absolute atomic E-state index is 0.165. The van der Waals surface area contributed by atoms with Crippen molar-refractivity contribution < 1.29 is 9.90 Å². The van der Waals surface area contributed by atoms with Crippen LogP contribution >= 0.6 is 24.8 Å². The fourth-order valence-corrected chi connectivity index (χ4v) is 3.38. The van der Waals surface area contributed by atoms with Gasteiger partial charge in [0.05, 0.1) is 11.5 Å². The predicted molar refractivity (Wildman–Crippen MR) is 108 cm³/mol. The summed E-state index contributed by atoms with van der Waals surface area (Å²) in [6.07, 6.45) is 13.5. The molecule has 3 nitrogen and oxygen atoms in total. The van der Waals surface area contributed by atoms with Gasteiger partial charge in [-0.3, -0.25) is 4.79 Å². The third kappa shape index (κ3) is 10.3. The van der Waals surface area contributed by atoms with Crippen LogP contribution in [0, 0.1) is 16.7 Å². The maximum atomic E-state index is 10.9. The summed E-state index contributed by atoms with van der Waals surface area (Å²) in [5.74, 6) is -0.999. The van der Waals surface area contributed by atoms with Gasteiger partial charge in [0.1, 0.15) is 5.25 Å². The number of carboxylic acids is 1. The second kappa shape index (κ2) is 13.7. The molecule has 0 fully saturated rings. The molecule has 0 amide bonds. The number of aliphatic carboxylic acids is 1. The van der Waals surface area contributed by atoms with Gasteiger partial charge in [-0.15, -0.1) is 0 Å². The molecule has 24 heavy (non-hydrogen) atoms. The van der Waals surface area contributed by atoms with Gasteiger partial charge in [0.25, 0.3) is 0 Å². The van der Waals surface area contributed by atoms with E-state index in [1.165, 1.54) is 51.4 Å². The maximum Gasteiger partial charge on any atom is 0.316 e. The molecular formula is C19H33NO2S2. The van der Waals surface area contributed by atoms with E-state index in [0.29, 0.717) is 4.86 Å². The topological polar surface area (TPSA) is 61.1 Å². The van der Waals surface area contributed by atoms with Crippen LogP contribution in [0.4, 0.5) is 0 Å². The Hall–Kier alpha value is -0.600. The van der Waals surface area contributed by atoms with Crippen LogP contribution in [0.5, 0.6) is 0 Å². The SMILES string of the molecule is CCCCCCCCCCCCC(=S)C(C)(C#N)CC(S)C(=O)O. The molecule has 0 heterocycles. The molecule has 0 aliphatic rings. The molecule has 0 spiro atoms. The zero-order chi connectivity index (χ0) is 18.4. The molecule has 0 aliphatic carbocycles. The summed E-state index contributed by atoms with van der Waals surface area (Å²) >= 11 is 9.44. The minimum atomic E-state index is -0.999. The van der Waals surface area contributed by atoms with Gasteiger partial charge in [-0.05, 0) is 26.2 Å². The average molecular weight is 372 g/mol. The van der Waals surface area contributed by atoms with E-state index in [0.717, 1.165) is 19.3 Å². The van der Waals surface area contributed by atoms with Gasteiger partial charge in [-0.1, -0.05) is 76.9 Å². The molecular weight excluding hydrogens is 338 g/mol. The highest BCUT2D eigenvalue weighted by Crippen LogP contribution is 2.29. The van der Waals surface area contributed by atoms with Gasteiger partial charge >= 0.3 is 5.97 Å². The molecule has 0 radical (unpaired) electrons. The number of unbranched alkanes of at least 4 members (excludes halogenated alkanes) is 9. The van der Waals surface area contributed by atoms with E-state index in [-0.39, 0.29) is 6.42 Å². The highest BCUT2D eigenvalue weighted by Gasteiger charge is 2.33. The van der Waals surface area contributed by atoms with E-state index in [1.807, 2.05) is 0 Å². The summed E-state index contributed by atoms with van der Waals surface area (Å²) < 4.78 is 0. The summed E-state index contributed by atoms with van der Waals surface area (Å²) in [5, 5.41) is 17.5. The first-order chi connectivity index (χ1) is 11.4. The monoisotopic (exact) mass is 371 g/mol. The van der Waals surface area contributed by atoms with Crippen LogP contribution in [0.3, 0.4) is 0 Å². The standard InChI is InChI=1S/C19H33NO2S2/c1-3-4-5-6-7-8-9-10-11-12-13-17(24)19(2,15-20)14-16(23)18(21)22/h16,23H,3-14H2,1-2H3,(H,21,22). The summed E-state index contributed by atoms with van der Waals surface area (Å²) in [6, 6.07) is 2.20. The second-order valence-corrected chi connectivity index (χ2v) is 7.97. The van der Waals surface area contributed by atoms with Crippen LogP contribution in [-0.2, 0) is 4.79 Å². The Bertz CT molecular complexity index is 420. The molecule has 0 saturated carbocycles. The van der Waals surface area contributed by atoms with Gasteiger partial charge in [-0.2, -0.15) is 17.9 Å². The van der Waals surface area contributed by atoms with E-state index in [2.05, 4.69) is 25.6 Å². The molecule has 0 aromatic heterocycles. The number of thiol groups is 1. The number of thiocarbonyl (C=S) groups is 1. The van der Waals surface area contributed by atoms with E-state index in [4.69, 9.17) is 17.3 Å². The first-order valence-corrected chi connectivity index (χ1v) is 10.1. The molecule has 0 aromatic rings. The highest BCUT2D eigenvalue weighted by atomic mass is 32.1. The lowest BCUT2D eigenvalue weighted by atomic mass is 9.81. The Labute approximate surface area is 158 Å². The molecule has 0 aliphatic heterocycles. The van der Waals surface area contributed by atoms with Crippen molar-refractivity contribution in [1.29, 1.82) is 5.26 Å². The lowest BCUT2D eigenvalue weighted by Crippen LogP contribution is -2.31. The lowest BCUT2D eigenvalue weighted by molar-refractivity contribution is -0.136. The second-order valence-electron chi connectivity index (χ2n) is 6.86. The lowest BCUT2D eigenvalue weighted by Gasteiger charge is -2.24. The molecule has 5 heteroatoms. The van der Waals surface area contributed by atoms with Crippen molar-refractivity contribution in [1.82, 2.24) is 0 Å². The number of carboxylic acid groups (broad SMARTS) is 1. The Morgan fingerprint density at radius 3 is 2.00 bits per heavy atom. The molecule has 1 N–H and O–H groups in total. The Morgan fingerprint density at radius 2 is 1.58 bits per heavy atom. The third-order valence-corrected chi connectivity index (χ3v) is 5.56. The number of rotatable bonds is 15. The summed E-state index contributed by atoms with van der Waals surface area (Å²) in [7, 11) is 0. The van der Waals surface area contributed by atoms with Crippen LogP contribution in [0.25, 0.3) is 0 Å². The van der Waals surface area contributed by atoms with Crippen molar-refractivity contribution >= 4 is 35.7 Å². The van der Waals surface area contributed by atoms with Crippen LogP contribution in [0.2, 0.25) is 0 Å². The van der Waals surface area contributed by atoms with Crippen molar-refractivity contribution in [3.63, 3.8) is 0 Å². The minimum Gasteiger partial charge on any atom is -0.480 e. The molecule has 0 rings (SSSR count). The summed E-state index contributed by atoms with van der Waals surface area (Å²) in [5.41, 5.74) is -0.876. The van der Waals surface area contributed by atoms with E-state index < -0.39 is 16.6 Å². The van der Waals surface area contributed by atoms with Crippen LogP contribution in [0.15, 0.2) is 0 Å². The molecule has 2 unspecified atom stereocenters. The number of hydrogen-bond acceptors (Lipinski definition) is 4. The van der Waals surface area contributed by atoms with Gasteiger partial charge < -0.3 is 5.11 Å². The van der Waals surface area contributed by atoms with Crippen molar-refractivity contribution in [3.05, 3.63) is 0 Å². The van der Waals surface area contributed by atoms with Gasteiger partial charge in [0.15, 0.2) is 0 Å². The van der Waals surface area contributed by atoms with Crippen molar-refractivity contribution in [3.8, 4) is 6.07 Å². The number of nitrogens with zero attached hydrogens (tertiary/aromatic N) is 1. The number of carbonyl (C=O) groups is 1. The molecule has 0 saturated heterocycles. The van der Waals surface area contributed by atoms with Gasteiger partial charge in [0.2, 0.25) is 0 Å². The number of hydrogen-bond donors (Lipinski definition) is 2.